The van der Waals surface area contributed by atoms with Gasteiger partial charge in [-0.2, -0.15) is 5.10 Å². The van der Waals surface area contributed by atoms with Crippen molar-refractivity contribution < 1.29 is 0 Å². The summed E-state index contributed by atoms with van der Waals surface area (Å²) < 4.78 is 1.87. The molecule has 92 valence electrons. The van der Waals surface area contributed by atoms with Crippen molar-refractivity contribution in [2.24, 2.45) is 13.0 Å². The lowest BCUT2D eigenvalue weighted by atomic mass is 9.96. The smallest absolute Gasteiger partial charge is 0.0521 e. The summed E-state index contributed by atoms with van der Waals surface area (Å²) in [6.07, 6.45) is 7.64. The van der Waals surface area contributed by atoms with Gasteiger partial charge >= 0.3 is 0 Å². The zero-order chi connectivity index (χ0) is 12.0. The van der Waals surface area contributed by atoms with Gasteiger partial charge in [0, 0.05) is 19.3 Å². The third-order valence-electron chi connectivity index (χ3n) is 3.22. The van der Waals surface area contributed by atoms with Crippen LogP contribution in [0.4, 0.5) is 0 Å². The second-order valence-electron chi connectivity index (χ2n) is 4.78. The van der Waals surface area contributed by atoms with Crippen molar-refractivity contribution in [2.75, 3.05) is 6.54 Å². The average molecular weight is 223 g/mol. The van der Waals surface area contributed by atoms with Gasteiger partial charge in [-0.3, -0.25) is 4.68 Å². The van der Waals surface area contributed by atoms with Crippen LogP contribution in [0, 0.1) is 5.92 Å². The lowest BCUT2D eigenvalue weighted by Crippen LogP contribution is -2.32. The largest absolute Gasteiger partial charge is 0.314 e. The van der Waals surface area contributed by atoms with E-state index in [-0.39, 0.29) is 0 Å². The molecule has 0 aromatic carbocycles. The second kappa shape index (κ2) is 6.69. The number of rotatable bonds is 7. The molecule has 3 heteroatoms. The van der Waals surface area contributed by atoms with Crippen molar-refractivity contribution in [1.29, 1.82) is 0 Å². The molecule has 0 aliphatic heterocycles. The van der Waals surface area contributed by atoms with Crippen LogP contribution >= 0.6 is 0 Å². The van der Waals surface area contributed by atoms with Gasteiger partial charge < -0.3 is 5.32 Å². The van der Waals surface area contributed by atoms with Crippen LogP contribution in [-0.2, 0) is 13.5 Å². The van der Waals surface area contributed by atoms with Gasteiger partial charge in [-0.15, -0.1) is 0 Å². The molecule has 16 heavy (non-hydrogen) atoms. The summed E-state index contributed by atoms with van der Waals surface area (Å²) in [6.45, 7) is 7.94. The quantitative estimate of drug-likeness (QED) is 0.769. The lowest BCUT2D eigenvalue weighted by molar-refractivity contribution is 0.380. The predicted molar refractivity (Wildman–Crippen MR) is 68.4 cm³/mol. The molecule has 3 nitrogen and oxygen atoms in total. The SMILES string of the molecule is CCCNC(C)C(C)CCc1cnn(C)c1. The predicted octanol–water partition coefficient (Wildman–Crippen LogP) is 2.38. The van der Waals surface area contributed by atoms with Gasteiger partial charge in [-0.05, 0) is 44.2 Å². The van der Waals surface area contributed by atoms with Crippen LogP contribution in [-0.4, -0.2) is 22.4 Å². The molecule has 0 radical (unpaired) electrons. The van der Waals surface area contributed by atoms with Crippen LogP contribution in [0.1, 0.15) is 39.2 Å². The van der Waals surface area contributed by atoms with E-state index >= 15 is 0 Å². The van der Waals surface area contributed by atoms with Crippen LogP contribution < -0.4 is 5.32 Å². The number of nitrogens with zero attached hydrogens (tertiary/aromatic N) is 2. The maximum absolute atomic E-state index is 4.19. The van der Waals surface area contributed by atoms with E-state index in [0.717, 1.165) is 13.0 Å². The Morgan fingerprint density at radius 2 is 2.19 bits per heavy atom. The minimum Gasteiger partial charge on any atom is -0.314 e. The van der Waals surface area contributed by atoms with Crippen molar-refractivity contribution in [2.45, 2.75) is 46.1 Å². The molecule has 1 aromatic heterocycles. The summed E-state index contributed by atoms with van der Waals surface area (Å²) in [5.74, 6) is 0.715. The second-order valence-corrected chi connectivity index (χ2v) is 4.78. The number of nitrogens with one attached hydrogen (secondary N) is 1. The van der Waals surface area contributed by atoms with E-state index in [1.807, 2.05) is 17.9 Å². The molecule has 0 spiro atoms. The maximum atomic E-state index is 4.19. The third-order valence-corrected chi connectivity index (χ3v) is 3.22. The minimum atomic E-state index is 0.608. The van der Waals surface area contributed by atoms with Crippen molar-refractivity contribution in [3.8, 4) is 0 Å². The maximum Gasteiger partial charge on any atom is 0.0521 e. The Kier molecular flexibility index (Phi) is 5.53. The summed E-state index contributed by atoms with van der Waals surface area (Å²) in [5, 5.41) is 7.74. The van der Waals surface area contributed by atoms with Gasteiger partial charge in [0.05, 0.1) is 6.20 Å². The van der Waals surface area contributed by atoms with E-state index < -0.39 is 0 Å². The molecule has 0 aliphatic carbocycles. The molecule has 2 unspecified atom stereocenters. The summed E-state index contributed by atoms with van der Waals surface area (Å²) in [6, 6.07) is 0.608. The fourth-order valence-electron chi connectivity index (χ4n) is 1.82. The van der Waals surface area contributed by atoms with E-state index in [0.29, 0.717) is 12.0 Å². The van der Waals surface area contributed by atoms with Gasteiger partial charge in [-0.25, -0.2) is 0 Å². The van der Waals surface area contributed by atoms with Gasteiger partial charge in [0.25, 0.3) is 0 Å². The van der Waals surface area contributed by atoms with E-state index in [1.165, 1.54) is 18.4 Å². The Balaban J connectivity index is 2.26. The fraction of sp³-hybridized carbons (Fsp3) is 0.769. The Bertz CT molecular complexity index is 293. The first kappa shape index (κ1) is 13.2. The lowest BCUT2D eigenvalue weighted by Gasteiger charge is -2.20. The first-order chi connectivity index (χ1) is 7.63. The first-order valence-corrected chi connectivity index (χ1v) is 6.34. The zero-order valence-electron chi connectivity index (χ0n) is 11.0. The topological polar surface area (TPSA) is 29.9 Å². The van der Waals surface area contributed by atoms with Crippen molar-refractivity contribution in [3.05, 3.63) is 18.0 Å². The fourth-order valence-corrected chi connectivity index (χ4v) is 1.82. The number of aromatic nitrogens is 2. The van der Waals surface area contributed by atoms with Crippen LogP contribution in [0.2, 0.25) is 0 Å². The highest BCUT2D eigenvalue weighted by Crippen LogP contribution is 2.12. The van der Waals surface area contributed by atoms with Crippen LogP contribution in [0.5, 0.6) is 0 Å². The number of hydrogen-bond donors (Lipinski definition) is 1. The first-order valence-electron chi connectivity index (χ1n) is 6.34. The molecule has 0 aliphatic rings. The summed E-state index contributed by atoms with van der Waals surface area (Å²) >= 11 is 0. The molecule has 0 bridgehead atoms. The molecular weight excluding hydrogens is 198 g/mol. The summed E-state index contributed by atoms with van der Waals surface area (Å²) in [5.41, 5.74) is 1.34. The summed E-state index contributed by atoms with van der Waals surface area (Å²) in [7, 11) is 1.97. The molecule has 2 atom stereocenters. The molecule has 0 fully saturated rings. The molecule has 1 heterocycles. The Hall–Kier alpha value is -0.830. The highest BCUT2D eigenvalue weighted by Gasteiger charge is 2.11. The monoisotopic (exact) mass is 223 g/mol. The van der Waals surface area contributed by atoms with Crippen molar-refractivity contribution in [1.82, 2.24) is 15.1 Å². The molecule has 1 rings (SSSR count). The molecule has 0 amide bonds. The zero-order valence-corrected chi connectivity index (χ0v) is 11.0. The van der Waals surface area contributed by atoms with Gasteiger partial charge in [-0.1, -0.05) is 13.8 Å². The number of hydrogen-bond acceptors (Lipinski definition) is 2. The van der Waals surface area contributed by atoms with Crippen LogP contribution in [0.25, 0.3) is 0 Å². The standard InChI is InChI=1S/C13H25N3/c1-5-8-14-12(3)11(2)6-7-13-9-15-16(4)10-13/h9-12,14H,5-8H2,1-4H3. The van der Waals surface area contributed by atoms with Gasteiger partial charge in [0.1, 0.15) is 0 Å². The van der Waals surface area contributed by atoms with E-state index in [1.54, 1.807) is 0 Å². The van der Waals surface area contributed by atoms with E-state index in [2.05, 4.69) is 37.4 Å². The summed E-state index contributed by atoms with van der Waals surface area (Å²) in [4.78, 5) is 0. The molecule has 1 aromatic rings. The Labute approximate surface area is 99.2 Å². The molecular formula is C13H25N3. The van der Waals surface area contributed by atoms with Crippen molar-refractivity contribution in [3.63, 3.8) is 0 Å². The number of aryl methyl sites for hydroxylation is 2. The van der Waals surface area contributed by atoms with Crippen molar-refractivity contribution >= 4 is 0 Å². The molecule has 0 saturated heterocycles. The Morgan fingerprint density at radius 1 is 1.44 bits per heavy atom. The molecule has 1 N–H and O–H groups in total. The minimum absolute atomic E-state index is 0.608. The van der Waals surface area contributed by atoms with E-state index in [9.17, 15) is 0 Å². The molecule has 0 saturated carbocycles. The van der Waals surface area contributed by atoms with E-state index in [4.69, 9.17) is 0 Å². The average Bonchev–Trinajstić information content (AvgIpc) is 2.68. The third kappa shape index (κ3) is 4.35. The normalized spacial score (nSPS) is 15.0. The van der Waals surface area contributed by atoms with Crippen LogP contribution in [0.3, 0.4) is 0 Å². The highest BCUT2D eigenvalue weighted by molar-refractivity contribution is 5.03. The Morgan fingerprint density at radius 3 is 2.75 bits per heavy atom. The highest BCUT2D eigenvalue weighted by atomic mass is 15.2. The van der Waals surface area contributed by atoms with Crippen LogP contribution in [0.15, 0.2) is 12.4 Å². The van der Waals surface area contributed by atoms with Gasteiger partial charge in [0.2, 0.25) is 0 Å². The van der Waals surface area contributed by atoms with Gasteiger partial charge in [0.15, 0.2) is 0 Å².